The number of nitrogens with zero attached hydrogens (tertiary/aromatic N) is 1. The molecule has 0 unspecified atom stereocenters. The molecule has 2 atom stereocenters. The predicted octanol–water partition coefficient (Wildman–Crippen LogP) is 3.34. The molecule has 8 heteroatoms. The van der Waals surface area contributed by atoms with E-state index in [1.54, 1.807) is 61.6 Å². The van der Waals surface area contributed by atoms with Gasteiger partial charge in [0.05, 0.1) is 25.5 Å². The molecule has 2 N–H and O–H groups in total. The van der Waals surface area contributed by atoms with Crippen molar-refractivity contribution < 1.29 is 23.9 Å². The average Bonchev–Trinajstić information content (AvgIpc) is 3.29. The lowest BCUT2D eigenvalue weighted by Crippen LogP contribution is -2.41. The van der Waals surface area contributed by atoms with Crippen molar-refractivity contribution in [1.82, 2.24) is 10.2 Å². The summed E-state index contributed by atoms with van der Waals surface area (Å²) < 4.78 is 10.8. The first kappa shape index (κ1) is 22.5. The first-order valence-corrected chi connectivity index (χ1v) is 11.3. The minimum absolute atomic E-state index is 0.226. The van der Waals surface area contributed by atoms with E-state index in [4.69, 9.17) is 9.47 Å². The van der Waals surface area contributed by atoms with Gasteiger partial charge in [-0.15, -0.1) is 0 Å². The molecular weight excluding hydrogens is 446 g/mol. The quantitative estimate of drug-likeness (QED) is 0.595. The van der Waals surface area contributed by atoms with Crippen LogP contribution in [0.25, 0.3) is 11.1 Å². The molecule has 3 aromatic carbocycles. The van der Waals surface area contributed by atoms with Crippen LogP contribution in [0.4, 0.5) is 5.69 Å². The predicted molar refractivity (Wildman–Crippen MR) is 131 cm³/mol. The number of hydrogen-bond acceptors (Lipinski definition) is 5. The first-order valence-electron chi connectivity index (χ1n) is 11.3. The van der Waals surface area contributed by atoms with Crippen molar-refractivity contribution in [3.05, 3.63) is 77.9 Å². The second kappa shape index (κ2) is 9.13. The Balaban J connectivity index is 1.42. The molecule has 1 saturated heterocycles. The maximum Gasteiger partial charge on any atom is 0.256 e. The van der Waals surface area contributed by atoms with Gasteiger partial charge in [0, 0.05) is 29.8 Å². The highest BCUT2D eigenvalue weighted by Crippen LogP contribution is 2.37. The summed E-state index contributed by atoms with van der Waals surface area (Å²) in [6, 6.07) is 18.7. The van der Waals surface area contributed by atoms with Crippen LogP contribution in [0.3, 0.4) is 0 Å². The number of anilines is 1. The van der Waals surface area contributed by atoms with Gasteiger partial charge >= 0.3 is 0 Å². The Morgan fingerprint density at radius 3 is 2.51 bits per heavy atom. The number of carbonyl (C=O) groups excluding carboxylic acids is 3. The first-order chi connectivity index (χ1) is 17.0. The standard InChI is InChI=1S/C27H25N3O5/c1-34-19-9-10-20(24(14-19)35-2)17-8-11-22-21(12-17)27(33)30-15-18(13-23(30)26(32)29-22)28-25(31)16-6-4-3-5-7-16/h3-12,14,18,23H,13,15H2,1-2H3,(H,28,31)(H,29,32)/t18-,23-/m0/s1. The molecule has 3 amide bonds. The maximum absolute atomic E-state index is 13.6. The molecule has 2 aliphatic rings. The summed E-state index contributed by atoms with van der Waals surface area (Å²) >= 11 is 0. The summed E-state index contributed by atoms with van der Waals surface area (Å²) in [5, 5.41) is 5.85. The van der Waals surface area contributed by atoms with E-state index in [0.29, 0.717) is 34.7 Å². The number of carbonyl (C=O) groups is 3. The molecule has 178 valence electrons. The largest absolute Gasteiger partial charge is 0.497 e. The number of fused-ring (bicyclic) bond motifs is 2. The van der Waals surface area contributed by atoms with E-state index in [1.807, 2.05) is 24.3 Å². The third kappa shape index (κ3) is 4.19. The average molecular weight is 472 g/mol. The van der Waals surface area contributed by atoms with Crippen molar-refractivity contribution >= 4 is 23.4 Å². The molecule has 0 radical (unpaired) electrons. The molecule has 0 saturated carbocycles. The van der Waals surface area contributed by atoms with Crippen LogP contribution in [0.1, 0.15) is 27.1 Å². The molecule has 1 fully saturated rings. The minimum atomic E-state index is -0.657. The monoisotopic (exact) mass is 471 g/mol. The number of hydrogen-bond donors (Lipinski definition) is 2. The zero-order chi connectivity index (χ0) is 24.5. The topological polar surface area (TPSA) is 97.0 Å². The van der Waals surface area contributed by atoms with Gasteiger partial charge in [0.2, 0.25) is 5.91 Å². The second-order valence-corrected chi connectivity index (χ2v) is 8.56. The maximum atomic E-state index is 13.6. The lowest BCUT2D eigenvalue weighted by atomic mass is 10.00. The van der Waals surface area contributed by atoms with Gasteiger partial charge < -0.3 is 25.0 Å². The number of nitrogens with one attached hydrogen (secondary N) is 2. The Hall–Kier alpha value is -4.33. The normalized spacial score (nSPS) is 18.7. The van der Waals surface area contributed by atoms with Crippen molar-refractivity contribution in [2.75, 3.05) is 26.1 Å². The summed E-state index contributed by atoms with van der Waals surface area (Å²) in [5.41, 5.74) is 2.97. The Bertz CT molecular complexity index is 1310. The Kier molecular flexibility index (Phi) is 5.86. The highest BCUT2D eigenvalue weighted by Gasteiger charge is 2.43. The van der Waals surface area contributed by atoms with Crippen LogP contribution in [0, 0.1) is 0 Å². The molecule has 3 aromatic rings. The van der Waals surface area contributed by atoms with Crippen molar-refractivity contribution in [2.24, 2.45) is 0 Å². The van der Waals surface area contributed by atoms with Crippen molar-refractivity contribution in [3.63, 3.8) is 0 Å². The second-order valence-electron chi connectivity index (χ2n) is 8.56. The van der Waals surface area contributed by atoms with Gasteiger partial charge in [-0.3, -0.25) is 14.4 Å². The molecule has 5 rings (SSSR count). The van der Waals surface area contributed by atoms with Crippen LogP contribution in [0.5, 0.6) is 11.5 Å². The summed E-state index contributed by atoms with van der Waals surface area (Å²) in [7, 11) is 3.16. The van der Waals surface area contributed by atoms with E-state index >= 15 is 0 Å². The number of methoxy groups -OCH3 is 2. The SMILES string of the molecule is COc1ccc(-c2ccc3c(c2)C(=O)N2C[C@@H](NC(=O)c4ccccc4)C[C@H]2C(=O)N3)c(OC)c1. The smallest absolute Gasteiger partial charge is 0.256 e. The van der Waals surface area contributed by atoms with E-state index in [1.165, 1.54) is 0 Å². The van der Waals surface area contributed by atoms with Crippen molar-refractivity contribution in [3.8, 4) is 22.6 Å². The number of ether oxygens (including phenoxy) is 2. The van der Waals surface area contributed by atoms with E-state index in [2.05, 4.69) is 10.6 Å². The fourth-order valence-corrected chi connectivity index (χ4v) is 4.68. The van der Waals surface area contributed by atoms with E-state index in [9.17, 15) is 14.4 Å². The third-order valence-corrected chi connectivity index (χ3v) is 6.46. The Morgan fingerprint density at radius 2 is 1.77 bits per heavy atom. The van der Waals surface area contributed by atoms with Crippen LogP contribution < -0.4 is 20.1 Å². The van der Waals surface area contributed by atoms with Gasteiger partial charge in [-0.2, -0.15) is 0 Å². The van der Waals surface area contributed by atoms with Gasteiger partial charge in [0.25, 0.3) is 11.8 Å². The fourth-order valence-electron chi connectivity index (χ4n) is 4.68. The highest BCUT2D eigenvalue weighted by atomic mass is 16.5. The van der Waals surface area contributed by atoms with Gasteiger partial charge in [0.15, 0.2) is 0 Å². The zero-order valence-corrected chi connectivity index (χ0v) is 19.4. The van der Waals surface area contributed by atoms with Crippen molar-refractivity contribution in [2.45, 2.75) is 18.5 Å². The Labute approximate surface area is 202 Å². The molecule has 0 spiro atoms. The van der Waals surface area contributed by atoms with E-state index < -0.39 is 6.04 Å². The molecule has 0 aliphatic carbocycles. The zero-order valence-electron chi connectivity index (χ0n) is 19.4. The number of amides is 3. The fraction of sp³-hybridized carbons (Fsp3) is 0.222. The number of benzene rings is 3. The molecule has 0 bridgehead atoms. The molecule has 0 aromatic heterocycles. The van der Waals surface area contributed by atoms with Crippen molar-refractivity contribution in [1.29, 1.82) is 0 Å². The van der Waals surface area contributed by atoms with Crippen LogP contribution in [0.2, 0.25) is 0 Å². The molecule has 8 nitrogen and oxygen atoms in total. The van der Waals surface area contributed by atoms with E-state index in [-0.39, 0.29) is 30.3 Å². The third-order valence-electron chi connectivity index (χ3n) is 6.46. The summed E-state index contributed by atoms with van der Waals surface area (Å²) in [6.45, 7) is 0.255. The van der Waals surface area contributed by atoms with Crippen LogP contribution in [-0.4, -0.2) is 55.5 Å². The summed E-state index contributed by atoms with van der Waals surface area (Å²) in [5.74, 6) is 0.525. The van der Waals surface area contributed by atoms with Gasteiger partial charge in [0.1, 0.15) is 17.5 Å². The van der Waals surface area contributed by atoms with E-state index in [0.717, 1.165) is 11.1 Å². The molecular formula is C27H25N3O5. The van der Waals surface area contributed by atoms with Gasteiger partial charge in [-0.1, -0.05) is 24.3 Å². The molecule has 35 heavy (non-hydrogen) atoms. The van der Waals surface area contributed by atoms with Crippen LogP contribution >= 0.6 is 0 Å². The van der Waals surface area contributed by atoms with Gasteiger partial charge in [-0.25, -0.2) is 0 Å². The molecule has 2 aliphatic heterocycles. The molecule has 2 heterocycles. The van der Waals surface area contributed by atoms with Crippen LogP contribution in [-0.2, 0) is 4.79 Å². The summed E-state index contributed by atoms with van der Waals surface area (Å²) in [4.78, 5) is 40.7. The number of rotatable bonds is 5. The highest BCUT2D eigenvalue weighted by molar-refractivity contribution is 6.11. The summed E-state index contributed by atoms with van der Waals surface area (Å²) in [6.07, 6.45) is 0.350. The Morgan fingerprint density at radius 1 is 0.971 bits per heavy atom. The van der Waals surface area contributed by atoms with Crippen LogP contribution in [0.15, 0.2) is 66.7 Å². The lowest BCUT2D eigenvalue weighted by Gasteiger charge is -2.20. The van der Waals surface area contributed by atoms with Gasteiger partial charge in [-0.05, 0) is 48.4 Å². The minimum Gasteiger partial charge on any atom is -0.497 e. The lowest BCUT2D eigenvalue weighted by molar-refractivity contribution is -0.119.